The Balaban J connectivity index is 1.89. The van der Waals surface area contributed by atoms with Crippen LogP contribution in [0.2, 0.25) is 0 Å². The van der Waals surface area contributed by atoms with Crippen molar-refractivity contribution in [2.24, 2.45) is 0 Å². The van der Waals surface area contributed by atoms with Gasteiger partial charge >= 0.3 is 0 Å². The van der Waals surface area contributed by atoms with E-state index < -0.39 is 11.6 Å². The molecule has 1 aromatic heterocycles. The van der Waals surface area contributed by atoms with Crippen LogP contribution < -0.4 is 0 Å². The Hall–Kier alpha value is -2.21. The van der Waals surface area contributed by atoms with Crippen molar-refractivity contribution in [3.8, 4) is 5.69 Å². The minimum absolute atomic E-state index is 0.285. The van der Waals surface area contributed by atoms with Gasteiger partial charge in [0.1, 0.15) is 5.82 Å². The van der Waals surface area contributed by atoms with Gasteiger partial charge in [0.25, 0.3) is 0 Å². The zero-order chi connectivity index (χ0) is 16.4. The maximum absolute atomic E-state index is 13.8. The number of aromatic nitrogens is 3. The van der Waals surface area contributed by atoms with E-state index in [1.54, 1.807) is 6.07 Å². The summed E-state index contributed by atoms with van der Waals surface area (Å²) in [6, 6.07) is 12.2. The van der Waals surface area contributed by atoms with E-state index in [9.17, 15) is 8.78 Å². The minimum atomic E-state index is -0.834. The van der Waals surface area contributed by atoms with Crippen LogP contribution in [0.25, 0.3) is 5.69 Å². The molecule has 0 N–H and O–H groups in total. The van der Waals surface area contributed by atoms with Gasteiger partial charge in [0, 0.05) is 17.0 Å². The molecule has 0 spiro atoms. The molecule has 0 amide bonds. The first kappa shape index (κ1) is 15.7. The third kappa shape index (κ3) is 3.27. The summed E-state index contributed by atoms with van der Waals surface area (Å²) < 4.78 is 28.9. The predicted molar refractivity (Wildman–Crippen MR) is 86.8 cm³/mol. The number of rotatable bonds is 4. The largest absolute Gasteiger partial charge is 0.274 e. The fourth-order valence-electron chi connectivity index (χ4n) is 2.30. The summed E-state index contributed by atoms with van der Waals surface area (Å²) in [6.07, 6.45) is 0. The van der Waals surface area contributed by atoms with Gasteiger partial charge in [-0.1, -0.05) is 36.0 Å². The molecule has 0 aliphatic heterocycles. The van der Waals surface area contributed by atoms with E-state index in [4.69, 9.17) is 0 Å². The summed E-state index contributed by atoms with van der Waals surface area (Å²) in [5, 5.41) is 8.90. The van der Waals surface area contributed by atoms with E-state index in [-0.39, 0.29) is 5.75 Å². The standard InChI is InChI=1S/C17H15F2N3S/c1-11-5-3-7-14(9-11)22-12(2)20-21-17(22)23-10-13-6-4-8-15(18)16(13)19/h3-9H,10H2,1-2H3. The van der Waals surface area contributed by atoms with Crippen LogP contribution in [0.5, 0.6) is 0 Å². The van der Waals surface area contributed by atoms with Gasteiger partial charge in [0.2, 0.25) is 0 Å². The summed E-state index contributed by atoms with van der Waals surface area (Å²) >= 11 is 1.33. The van der Waals surface area contributed by atoms with E-state index in [1.807, 2.05) is 42.7 Å². The quantitative estimate of drug-likeness (QED) is 0.662. The molecule has 0 fully saturated rings. The molecule has 3 nitrogen and oxygen atoms in total. The van der Waals surface area contributed by atoms with E-state index in [1.165, 1.54) is 17.8 Å². The molecule has 0 aliphatic carbocycles. The molecule has 23 heavy (non-hydrogen) atoms. The Labute approximate surface area is 137 Å². The zero-order valence-electron chi connectivity index (χ0n) is 12.8. The number of benzene rings is 2. The van der Waals surface area contributed by atoms with Gasteiger partial charge in [-0.15, -0.1) is 10.2 Å². The van der Waals surface area contributed by atoms with E-state index >= 15 is 0 Å². The summed E-state index contributed by atoms with van der Waals surface area (Å²) in [7, 11) is 0. The first-order chi connectivity index (χ1) is 11.1. The lowest BCUT2D eigenvalue weighted by Crippen LogP contribution is -2.00. The molecule has 118 valence electrons. The third-order valence-corrected chi connectivity index (χ3v) is 4.42. The normalized spacial score (nSPS) is 11.0. The molecule has 0 saturated carbocycles. The molecule has 0 atom stereocenters. The van der Waals surface area contributed by atoms with Crippen LogP contribution >= 0.6 is 11.8 Å². The number of hydrogen-bond acceptors (Lipinski definition) is 3. The van der Waals surface area contributed by atoms with Gasteiger partial charge in [-0.05, 0) is 37.6 Å². The Bertz CT molecular complexity index is 846. The van der Waals surface area contributed by atoms with Crippen molar-refractivity contribution in [3.05, 3.63) is 71.1 Å². The Morgan fingerprint density at radius 2 is 1.83 bits per heavy atom. The molecule has 0 unspecified atom stereocenters. The van der Waals surface area contributed by atoms with Crippen molar-refractivity contribution >= 4 is 11.8 Å². The minimum Gasteiger partial charge on any atom is -0.274 e. The van der Waals surface area contributed by atoms with Gasteiger partial charge < -0.3 is 0 Å². The average molecular weight is 331 g/mol. The van der Waals surface area contributed by atoms with Crippen LogP contribution in [0.3, 0.4) is 0 Å². The lowest BCUT2D eigenvalue weighted by atomic mass is 10.2. The lowest BCUT2D eigenvalue weighted by molar-refractivity contribution is 0.502. The maximum atomic E-state index is 13.8. The Morgan fingerprint density at radius 3 is 2.61 bits per heavy atom. The van der Waals surface area contributed by atoms with Crippen molar-refractivity contribution in [1.82, 2.24) is 14.8 Å². The summed E-state index contributed by atoms with van der Waals surface area (Å²) in [6.45, 7) is 3.88. The molecular weight excluding hydrogens is 316 g/mol. The van der Waals surface area contributed by atoms with Crippen LogP contribution in [0.4, 0.5) is 8.78 Å². The van der Waals surface area contributed by atoms with E-state index in [0.717, 1.165) is 23.1 Å². The number of thioether (sulfide) groups is 1. The number of nitrogens with zero attached hydrogens (tertiary/aromatic N) is 3. The monoisotopic (exact) mass is 331 g/mol. The highest BCUT2D eigenvalue weighted by Gasteiger charge is 2.14. The van der Waals surface area contributed by atoms with Crippen LogP contribution in [0.15, 0.2) is 47.6 Å². The fourth-order valence-corrected chi connectivity index (χ4v) is 3.28. The molecule has 3 rings (SSSR count). The number of aryl methyl sites for hydroxylation is 2. The Kier molecular flexibility index (Phi) is 4.43. The van der Waals surface area contributed by atoms with Crippen molar-refractivity contribution in [2.45, 2.75) is 24.8 Å². The molecule has 3 aromatic rings. The number of hydrogen-bond donors (Lipinski definition) is 0. The Morgan fingerprint density at radius 1 is 1.04 bits per heavy atom. The van der Waals surface area contributed by atoms with E-state index in [0.29, 0.717) is 10.7 Å². The highest BCUT2D eigenvalue weighted by atomic mass is 32.2. The van der Waals surface area contributed by atoms with Gasteiger partial charge in [0.05, 0.1) is 0 Å². The molecule has 1 heterocycles. The molecule has 0 bridgehead atoms. The summed E-state index contributed by atoms with van der Waals surface area (Å²) in [5.41, 5.74) is 2.39. The van der Waals surface area contributed by atoms with Crippen LogP contribution in [-0.2, 0) is 5.75 Å². The fraction of sp³-hybridized carbons (Fsp3) is 0.176. The first-order valence-electron chi connectivity index (χ1n) is 7.11. The smallest absolute Gasteiger partial charge is 0.196 e. The second-order valence-corrected chi connectivity index (χ2v) is 6.15. The molecule has 0 saturated heterocycles. The predicted octanol–water partition coefficient (Wildman–Crippen LogP) is 4.45. The third-order valence-electron chi connectivity index (χ3n) is 3.44. The highest BCUT2D eigenvalue weighted by molar-refractivity contribution is 7.98. The lowest BCUT2D eigenvalue weighted by Gasteiger charge is -2.09. The molecule has 0 radical (unpaired) electrons. The van der Waals surface area contributed by atoms with Gasteiger partial charge in [-0.3, -0.25) is 4.57 Å². The van der Waals surface area contributed by atoms with E-state index in [2.05, 4.69) is 10.2 Å². The average Bonchev–Trinajstić information content (AvgIpc) is 2.89. The van der Waals surface area contributed by atoms with Crippen LogP contribution in [-0.4, -0.2) is 14.8 Å². The van der Waals surface area contributed by atoms with Gasteiger partial charge in [-0.2, -0.15) is 0 Å². The maximum Gasteiger partial charge on any atom is 0.196 e. The topological polar surface area (TPSA) is 30.7 Å². The summed E-state index contributed by atoms with van der Waals surface area (Å²) in [5.74, 6) is -0.608. The van der Waals surface area contributed by atoms with Crippen molar-refractivity contribution in [3.63, 3.8) is 0 Å². The zero-order valence-corrected chi connectivity index (χ0v) is 13.6. The van der Waals surface area contributed by atoms with Crippen LogP contribution in [0, 0.1) is 25.5 Å². The molecule has 6 heteroatoms. The summed E-state index contributed by atoms with van der Waals surface area (Å²) in [4.78, 5) is 0. The molecule has 0 aliphatic rings. The second kappa shape index (κ2) is 6.50. The second-order valence-electron chi connectivity index (χ2n) is 5.21. The first-order valence-corrected chi connectivity index (χ1v) is 8.09. The van der Waals surface area contributed by atoms with Crippen molar-refractivity contribution in [1.29, 1.82) is 0 Å². The molecular formula is C17H15F2N3S. The SMILES string of the molecule is Cc1cccc(-n2c(C)nnc2SCc2cccc(F)c2F)c1. The van der Waals surface area contributed by atoms with Crippen molar-refractivity contribution in [2.75, 3.05) is 0 Å². The number of halogens is 2. The van der Waals surface area contributed by atoms with Crippen molar-refractivity contribution < 1.29 is 8.78 Å². The van der Waals surface area contributed by atoms with Gasteiger partial charge in [-0.25, -0.2) is 8.78 Å². The highest BCUT2D eigenvalue weighted by Crippen LogP contribution is 2.26. The molecule has 2 aromatic carbocycles. The van der Waals surface area contributed by atoms with Crippen LogP contribution in [0.1, 0.15) is 17.0 Å². The van der Waals surface area contributed by atoms with Gasteiger partial charge in [0.15, 0.2) is 16.8 Å².